The van der Waals surface area contributed by atoms with Crippen LogP contribution in [0.15, 0.2) is 12.3 Å². The smallest absolute Gasteiger partial charge is 0.111 e. The largest absolute Gasteiger partial charge is 0.279 e. The van der Waals surface area contributed by atoms with E-state index in [1.54, 1.807) is 0 Å². The van der Waals surface area contributed by atoms with Crippen LogP contribution in [0.4, 0.5) is 0 Å². The lowest BCUT2D eigenvalue weighted by Gasteiger charge is -1.99. The van der Waals surface area contributed by atoms with Gasteiger partial charge in [-0.3, -0.25) is 10.1 Å². The van der Waals surface area contributed by atoms with Crippen LogP contribution in [-0.2, 0) is 0 Å². The molecule has 0 saturated carbocycles. The molecule has 68 valence electrons. The lowest BCUT2D eigenvalue weighted by molar-refractivity contribution is 0.815. The van der Waals surface area contributed by atoms with E-state index in [0.29, 0.717) is 5.92 Å². The van der Waals surface area contributed by atoms with Crippen molar-refractivity contribution in [3.8, 4) is 0 Å². The Hall–Kier alpha value is -1.38. The van der Waals surface area contributed by atoms with Crippen LogP contribution in [0.25, 0.3) is 11.0 Å². The topological polar surface area (TPSA) is 41.6 Å². The standard InChI is InChI=1S/C10H13N3/c1-6(2)9-10-8(12-13-9)4-7(3)5-11-10/h4-6H,1-3H3,(H,12,13). The summed E-state index contributed by atoms with van der Waals surface area (Å²) in [6, 6.07) is 2.05. The first kappa shape index (κ1) is 8.23. The number of hydrogen-bond donors (Lipinski definition) is 1. The predicted molar refractivity (Wildman–Crippen MR) is 52.7 cm³/mol. The van der Waals surface area contributed by atoms with Crippen molar-refractivity contribution in [1.29, 1.82) is 0 Å². The molecule has 2 aromatic rings. The fraction of sp³-hybridized carbons (Fsp3) is 0.400. The molecule has 0 aliphatic carbocycles. The highest BCUT2D eigenvalue weighted by Gasteiger charge is 2.09. The first-order chi connectivity index (χ1) is 6.18. The third-order valence-electron chi connectivity index (χ3n) is 2.13. The molecule has 0 amide bonds. The molecule has 0 unspecified atom stereocenters. The maximum Gasteiger partial charge on any atom is 0.111 e. The van der Waals surface area contributed by atoms with Gasteiger partial charge in [0.05, 0.1) is 5.69 Å². The molecule has 0 radical (unpaired) electrons. The van der Waals surface area contributed by atoms with Crippen molar-refractivity contribution in [3.63, 3.8) is 0 Å². The summed E-state index contributed by atoms with van der Waals surface area (Å²) >= 11 is 0. The van der Waals surface area contributed by atoms with E-state index in [2.05, 4.69) is 29.0 Å². The molecule has 2 rings (SSSR count). The van der Waals surface area contributed by atoms with Crippen molar-refractivity contribution in [3.05, 3.63) is 23.5 Å². The van der Waals surface area contributed by atoms with Crippen LogP contribution >= 0.6 is 0 Å². The minimum absolute atomic E-state index is 0.445. The Morgan fingerprint density at radius 3 is 2.85 bits per heavy atom. The van der Waals surface area contributed by atoms with Crippen molar-refractivity contribution in [2.75, 3.05) is 0 Å². The fourth-order valence-electron chi connectivity index (χ4n) is 1.42. The molecule has 0 saturated heterocycles. The van der Waals surface area contributed by atoms with Crippen molar-refractivity contribution in [2.24, 2.45) is 0 Å². The maximum absolute atomic E-state index is 4.37. The zero-order chi connectivity index (χ0) is 9.42. The Labute approximate surface area is 77.2 Å². The van der Waals surface area contributed by atoms with Gasteiger partial charge in [-0.1, -0.05) is 13.8 Å². The zero-order valence-electron chi connectivity index (χ0n) is 8.13. The average molecular weight is 175 g/mol. The molecule has 0 atom stereocenters. The van der Waals surface area contributed by atoms with E-state index < -0.39 is 0 Å². The maximum atomic E-state index is 4.37. The van der Waals surface area contributed by atoms with Gasteiger partial charge in [0.1, 0.15) is 11.0 Å². The highest BCUT2D eigenvalue weighted by Crippen LogP contribution is 2.20. The summed E-state index contributed by atoms with van der Waals surface area (Å²) < 4.78 is 0. The lowest BCUT2D eigenvalue weighted by atomic mass is 10.1. The van der Waals surface area contributed by atoms with E-state index in [0.717, 1.165) is 22.3 Å². The van der Waals surface area contributed by atoms with E-state index in [1.165, 1.54) is 0 Å². The van der Waals surface area contributed by atoms with Crippen molar-refractivity contribution >= 4 is 11.0 Å². The first-order valence-electron chi connectivity index (χ1n) is 4.49. The summed E-state index contributed by atoms with van der Waals surface area (Å²) in [5.41, 5.74) is 4.23. The second-order valence-corrected chi connectivity index (χ2v) is 3.67. The summed E-state index contributed by atoms with van der Waals surface area (Å²) in [5.74, 6) is 0.445. The third-order valence-corrected chi connectivity index (χ3v) is 2.13. The molecule has 0 aromatic carbocycles. The van der Waals surface area contributed by atoms with Crippen molar-refractivity contribution < 1.29 is 0 Å². The monoisotopic (exact) mass is 175 g/mol. The highest BCUT2D eigenvalue weighted by molar-refractivity contribution is 5.77. The second-order valence-electron chi connectivity index (χ2n) is 3.67. The van der Waals surface area contributed by atoms with Gasteiger partial charge in [-0.25, -0.2) is 0 Å². The number of aryl methyl sites for hydroxylation is 1. The summed E-state index contributed by atoms with van der Waals surface area (Å²) in [6.07, 6.45) is 1.88. The number of pyridine rings is 1. The number of nitrogens with zero attached hydrogens (tertiary/aromatic N) is 2. The molecular formula is C10H13N3. The predicted octanol–water partition coefficient (Wildman–Crippen LogP) is 2.39. The molecular weight excluding hydrogens is 162 g/mol. The van der Waals surface area contributed by atoms with Crippen LogP contribution in [0.2, 0.25) is 0 Å². The van der Waals surface area contributed by atoms with Gasteiger partial charge >= 0.3 is 0 Å². The van der Waals surface area contributed by atoms with Gasteiger partial charge in [0.15, 0.2) is 0 Å². The number of H-pyrrole nitrogens is 1. The number of hydrogen-bond acceptors (Lipinski definition) is 2. The molecule has 13 heavy (non-hydrogen) atoms. The third kappa shape index (κ3) is 1.30. The summed E-state index contributed by atoms with van der Waals surface area (Å²) in [7, 11) is 0. The van der Waals surface area contributed by atoms with Crippen LogP contribution in [0.3, 0.4) is 0 Å². The molecule has 0 aliphatic heterocycles. The number of rotatable bonds is 1. The molecule has 3 heteroatoms. The van der Waals surface area contributed by atoms with Crippen LogP contribution < -0.4 is 0 Å². The fourth-order valence-corrected chi connectivity index (χ4v) is 1.42. The van der Waals surface area contributed by atoms with Crippen LogP contribution in [0, 0.1) is 6.92 Å². The van der Waals surface area contributed by atoms with Crippen molar-refractivity contribution in [2.45, 2.75) is 26.7 Å². The van der Waals surface area contributed by atoms with E-state index in [-0.39, 0.29) is 0 Å². The zero-order valence-corrected chi connectivity index (χ0v) is 8.13. The summed E-state index contributed by atoms with van der Waals surface area (Å²) in [4.78, 5) is 4.37. The SMILES string of the molecule is Cc1cnc2c(C(C)C)[nH]nc2c1. The number of fused-ring (bicyclic) bond motifs is 1. The summed E-state index contributed by atoms with van der Waals surface area (Å²) in [5, 5.41) is 7.24. The summed E-state index contributed by atoms with van der Waals surface area (Å²) in [6.45, 7) is 6.29. The van der Waals surface area contributed by atoms with Gasteiger partial charge in [-0.05, 0) is 24.5 Å². The Balaban J connectivity index is 2.69. The minimum atomic E-state index is 0.445. The highest BCUT2D eigenvalue weighted by atomic mass is 15.1. The average Bonchev–Trinajstić information content (AvgIpc) is 2.46. The van der Waals surface area contributed by atoms with Gasteiger partial charge in [-0.15, -0.1) is 0 Å². The van der Waals surface area contributed by atoms with E-state index in [1.807, 2.05) is 19.2 Å². The lowest BCUT2D eigenvalue weighted by Crippen LogP contribution is -1.89. The molecule has 0 fully saturated rings. The normalized spacial score (nSPS) is 11.4. The molecule has 0 aliphatic rings. The second kappa shape index (κ2) is 2.83. The molecule has 1 N–H and O–H groups in total. The van der Waals surface area contributed by atoms with E-state index in [9.17, 15) is 0 Å². The van der Waals surface area contributed by atoms with Gasteiger partial charge in [0.2, 0.25) is 0 Å². The van der Waals surface area contributed by atoms with Crippen LogP contribution in [0.5, 0.6) is 0 Å². The first-order valence-corrected chi connectivity index (χ1v) is 4.49. The Morgan fingerprint density at radius 2 is 2.15 bits per heavy atom. The molecule has 0 spiro atoms. The molecule has 0 bridgehead atoms. The molecule has 2 heterocycles. The molecule has 2 aromatic heterocycles. The Morgan fingerprint density at radius 1 is 1.38 bits per heavy atom. The van der Waals surface area contributed by atoms with E-state index in [4.69, 9.17) is 0 Å². The van der Waals surface area contributed by atoms with Crippen LogP contribution in [-0.4, -0.2) is 15.2 Å². The van der Waals surface area contributed by atoms with Gasteiger partial charge in [0, 0.05) is 6.20 Å². The van der Waals surface area contributed by atoms with Crippen LogP contribution in [0.1, 0.15) is 31.0 Å². The minimum Gasteiger partial charge on any atom is -0.279 e. The molecule has 3 nitrogen and oxygen atoms in total. The van der Waals surface area contributed by atoms with Gasteiger partial charge in [0.25, 0.3) is 0 Å². The van der Waals surface area contributed by atoms with E-state index >= 15 is 0 Å². The van der Waals surface area contributed by atoms with Crippen molar-refractivity contribution in [1.82, 2.24) is 15.2 Å². The number of nitrogens with one attached hydrogen (secondary N) is 1. The van der Waals surface area contributed by atoms with Gasteiger partial charge in [-0.2, -0.15) is 5.10 Å². The Bertz CT molecular complexity index is 429. The Kier molecular flexibility index (Phi) is 1.79. The quantitative estimate of drug-likeness (QED) is 0.723. The number of aromatic amines is 1. The van der Waals surface area contributed by atoms with Gasteiger partial charge < -0.3 is 0 Å². The number of aromatic nitrogens is 3.